The van der Waals surface area contributed by atoms with Crippen LogP contribution in [0.3, 0.4) is 0 Å². The van der Waals surface area contributed by atoms with Crippen molar-refractivity contribution < 1.29 is 23.0 Å². The van der Waals surface area contributed by atoms with E-state index in [2.05, 4.69) is 25.7 Å². The van der Waals surface area contributed by atoms with E-state index < -0.39 is 6.61 Å². The van der Waals surface area contributed by atoms with E-state index in [9.17, 15) is 13.6 Å². The van der Waals surface area contributed by atoms with Crippen molar-refractivity contribution in [2.75, 3.05) is 26.0 Å². The normalized spacial score (nSPS) is 10.7. The Balaban J connectivity index is 0.00000420. The number of guanidine groups is 1. The lowest BCUT2D eigenvalue weighted by Crippen LogP contribution is -2.41. The monoisotopic (exact) mass is 520 g/mol. The van der Waals surface area contributed by atoms with Crippen molar-refractivity contribution in [3.63, 3.8) is 0 Å². The van der Waals surface area contributed by atoms with Crippen molar-refractivity contribution in [2.24, 2.45) is 4.99 Å². The minimum atomic E-state index is -2.94. The first-order chi connectivity index (χ1) is 13.5. The van der Waals surface area contributed by atoms with Gasteiger partial charge in [0.2, 0.25) is 5.91 Å². The van der Waals surface area contributed by atoms with Gasteiger partial charge in [-0.05, 0) is 30.3 Å². The molecule has 3 N–H and O–H groups in total. The fourth-order valence-corrected chi connectivity index (χ4v) is 2.32. The number of hydrogen-bond acceptors (Lipinski definition) is 4. The van der Waals surface area contributed by atoms with Gasteiger partial charge in [0.05, 0.1) is 13.7 Å². The quantitative estimate of drug-likeness (QED) is 0.283. The molecule has 2 aromatic rings. The van der Waals surface area contributed by atoms with E-state index in [1.807, 2.05) is 18.2 Å². The van der Waals surface area contributed by atoms with E-state index in [-0.39, 0.29) is 48.7 Å². The number of carbonyl (C=O) groups is 1. The van der Waals surface area contributed by atoms with Crippen LogP contribution in [-0.4, -0.2) is 39.2 Å². The van der Waals surface area contributed by atoms with Gasteiger partial charge in [0.25, 0.3) is 0 Å². The summed E-state index contributed by atoms with van der Waals surface area (Å²) in [7, 11) is 3.01. The maximum absolute atomic E-state index is 12.6. The van der Waals surface area contributed by atoms with Gasteiger partial charge in [-0.15, -0.1) is 24.0 Å². The molecule has 0 aromatic heterocycles. The maximum Gasteiger partial charge on any atom is 0.387 e. The number of carbonyl (C=O) groups excluding carboxylic acids is 1. The molecule has 0 bridgehead atoms. The van der Waals surface area contributed by atoms with Gasteiger partial charge < -0.3 is 25.4 Å². The van der Waals surface area contributed by atoms with Crippen LogP contribution in [0.25, 0.3) is 0 Å². The van der Waals surface area contributed by atoms with Crippen LogP contribution in [-0.2, 0) is 11.3 Å². The Hall–Kier alpha value is -2.63. The number of nitrogens with zero attached hydrogens (tertiary/aromatic N) is 1. The van der Waals surface area contributed by atoms with Gasteiger partial charge in [-0.1, -0.05) is 18.2 Å². The third-order valence-electron chi connectivity index (χ3n) is 3.63. The molecule has 2 aromatic carbocycles. The van der Waals surface area contributed by atoms with Crippen LogP contribution < -0.4 is 25.4 Å². The van der Waals surface area contributed by atoms with Crippen LogP contribution in [0.2, 0.25) is 0 Å². The lowest BCUT2D eigenvalue weighted by atomic mass is 10.2. The number of benzene rings is 2. The van der Waals surface area contributed by atoms with Crippen molar-refractivity contribution in [3.8, 4) is 11.5 Å². The average molecular weight is 520 g/mol. The molecule has 7 nitrogen and oxygen atoms in total. The number of hydrogen-bond donors (Lipinski definition) is 3. The van der Waals surface area contributed by atoms with Gasteiger partial charge in [0.15, 0.2) is 5.96 Å². The first-order valence-corrected chi connectivity index (χ1v) is 8.43. The number of rotatable bonds is 8. The van der Waals surface area contributed by atoms with Crippen molar-refractivity contribution in [1.29, 1.82) is 0 Å². The Morgan fingerprint density at radius 3 is 2.48 bits per heavy atom. The number of amides is 1. The number of halogens is 3. The molecule has 0 spiro atoms. The topological polar surface area (TPSA) is 84.0 Å². The van der Waals surface area contributed by atoms with Crippen molar-refractivity contribution in [2.45, 2.75) is 13.2 Å². The number of aliphatic imine (C=N–C) groups is 1. The molecule has 0 fully saturated rings. The summed E-state index contributed by atoms with van der Waals surface area (Å²) in [6.07, 6.45) is 0. The summed E-state index contributed by atoms with van der Waals surface area (Å²) in [5, 5.41) is 8.54. The Morgan fingerprint density at radius 2 is 1.86 bits per heavy atom. The fraction of sp³-hybridized carbons (Fsp3) is 0.263. The summed E-state index contributed by atoms with van der Waals surface area (Å²) in [5.74, 6) is 0.607. The summed E-state index contributed by atoms with van der Waals surface area (Å²) in [6.45, 7) is -2.82. The van der Waals surface area contributed by atoms with Crippen LogP contribution >= 0.6 is 24.0 Å². The summed E-state index contributed by atoms with van der Waals surface area (Å²) in [5.41, 5.74) is 1.14. The van der Waals surface area contributed by atoms with Crippen molar-refractivity contribution in [3.05, 3.63) is 54.1 Å². The van der Waals surface area contributed by atoms with Gasteiger partial charge in [-0.2, -0.15) is 8.78 Å². The average Bonchev–Trinajstić information content (AvgIpc) is 2.69. The molecule has 29 heavy (non-hydrogen) atoms. The minimum absolute atomic E-state index is 0. The highest BCUT2D eigenvalue weighted by atomic mass is 127. The number of anilines is 1. The molecule has 2 rings (SSSR count). The molecule has 0 aliphatic rings. The van der Waals surface area contributed by atoms with Gasteiger partial charge in [-0.3, -0.25) is 9.79 Å². The van der Waals surface area contributed by atoms with E-state index in [0.717, 1.165) is 0 Å². The van der Waals surface area contributed by atoms with Crippen molar-refractivity contribution in [1.82, 2.24) is 10.6 Å². The van der Waals surface area contributed by atoms with Gasteiger partial charge in [0.1, 0.15) is 11.5 Å². The predicted molar refractivity (Wildman–Crippen MR) is 118 cm³/mol. The molecule has 1 amide bonds. The number of methoxy groups -OCH3 is 1. The standard InChI is InChI=1S/C19H22F2N4O3.HI/c1-22-19(24-12-17(26)25-14-6-4-3-5-7-14)23-11-13-10-15(27-2)8-9-16(13)28-18(20)21;/h3-10,18H,11-12H2,1-2H3,(H,25,26)(H2,22,23,24);1H. The molecule has 0 saturated heterocycles. The third kappa shape index (κ3) is 8.50. The van der Waals surface area contributed by atoms with Gasteiger partial charge in [-0.25, -0.2) is 0 Å². The lowest BCUT2D eigenvalue weighted by molar-refractivity contribution is -0.115. The van der Waals surface area contributed by atoms with Crippen LogP contribution in [0.5, 0.6) is 11.5 Å². The molecule has 0 atom stereocenters. The Bertz CT molecular complexity index is 807. The Kier molecular flexibility index (Phi) is 10.7. The molecule has 0 aliphatic carbocycles. The van der Waals surface area contributed by atoms with Crippen LogP contribution in [0.15, 0.2) is 53.5 Å². The zero-order valence-corrected chi connectivity index (χ0v) is 18.3. The second kappa shape index (κ2) is 12.8. The Morgan fingerprint density at radius 1 is 1.14 bits per heavy atom. The molecular weight excluding hydrogens is 497 g/mol. The van der Waals surface area contributed by atoms with E-state index in [1.54, 1.807) is 18.2 Å². The van der Waals surface area contributed by atoms with Crippen LogP contribution in [0, 0.1) is 0 Å². The number of alkyl halides is 2. The molecule has 0 radical (unpaired) electrons. The zero-order valence-electron chi connectivity index (χ0n) is 15.9. The van der Waals surface area contributed by atoms with Gasteiger partial charge >= 0.3 is 6.61 Å². The molecule has 0 saturated carbocycles. The zero-order chi connectivity index (χ0) is 20.4. The molecule has 158 valence electrons. The van der Waals surface area contributed by atoms with E-state index in [1.165, 1.54) is 26.3 Å². The summed E-state index contributed by atoms with van der Waals surface area (Å²) >= 11 is 0. The third-order valence-corrected chi connectivity index (χ3v) is 3.63. The predicted octanol–water partition coefficient (Wildman–Crippen LogP) is 3.22. The second-order valence-corrected chi connectivity index (χ2v) is 5.55. The van der Waals surface area contributed by atoms with Crippen LogP contribution in [0.1, 0.15) is 5.56 Å². The van der Waals surface area contributed by atoms with E-state index in [0.29, 0.717) is 23.0 Å². The van der Waals surface area contributed by atoms with Crippen molar-refractivity contribution >= 4 is 41.5 Å². The second-order valence-electron chi connectivity index (χ2n) is 5.55. The van der Waals surface area contributed by atoms with E-state index in [4.69, 9.17) is 4.74 Å². The number of ether oxygens (including phenoxy) is 2. The van der Waals surface area contributed by atoms with Gasteiger partial charge in [0, 0.05) is 24.8 Å². The summed E-state index contributed by atoms with van der Waals surface area (Å²) in [4.78, 5) is 16.0. The molecular formula is C19H23F2IN4O3. The molecule has 0 unspecified atom stereocenters. The molecule has 10 heteroatoms. The SMILES string of the molecule is CN=C(NCC(=O)Nc1ccccc1)NCc1cc(OC)ccc1OC(F)F.I. The largest absolute Gasteiger partial charge is 0.497 e. The first-order valence-electron chi connectivity index (χ1n) is 8.43. The lowest BCUT2D eigenvalue weighted by Gasteiger charge is -2.15. The molecule has 0 heterocycles. The number of nitrogens with one attached hydrogen (secondary N) is 3. The smallest absolute Gasteiger partial charge is 0.387 e. The fourth-order valence-electron chi connectivity index (χ4n) is 2.32. The maximum atomic E-state index is 12.6. The summed E-state index contributed by atoms with van der Waals surface area (Å²) < 4.78 is 34.8. The minimum Gasteiger partial charge on any atom is -0.497 e. The summed E-state index contributed by atoms with van der Waals surface area (Å²) in [6, 6.07) is 13.6. The Labute approximate surface area is 184 Å². The highest BCUT2D eigenvalue weighted by Crippen LogP contribution is 2.25. The van der Waals surface area contributed by atoms with Crippen LogP contribution in [0.4, 0.5) is 14.5 Å². The highest BCUT2D eigenvalue weighted by Gasteiger charge is 2.12. The highest BCUT2D eigenvalue weighted by molar-refractivity contribution is 14.0. The first kappa shape index (κ1) is 24.4. The number of para-hydroxylation sites is 1. The van der Waals surface area contributed by atoms with E-state index >= 15 is 0 Å². The molecule has 0 aliphatic heterocycles.